The van der Waals surface area contributed by atoms with Gasteiger partial charge >= 0.3 is 0 Å². The Kier molecular flexibility index (Phi) is 25.2. The van der Waals surface area contributed by atoms with Crippen molar-refractivity contribution in [1.29, 1.82) is 0 Å². The van der Waals surface area contributed by atoms with Gasteiger partial charge in [-0.05, 0) is 184 Å². The maximum Gasteiger partial charge on any atom is 0.127 e. The van der Waals surface area contributed by atoms with Gasteiger partial charge in [0.2, 0.25) is 0 Å². The average Bonchev–Trinajstić information content (AvgIpc) is 1.55. The summed E-state index contributed by atoms with van der Waals surface area (Å²) < 4.78 is 27.5. The Bertz CT molecular complexity index is 3840. The van der Waals surface area contributed by atoms with E-state index < -0.39 is 0 Å². The van der Waals surface area contributed by atoms with Crippen molar-refractivity contribution in [3.63, 3.8) is 0 Å². The first kappa shape index (κ1) is 70.5. The van der Waals surface area contributed by atoms with Gasteiger partial charge in [0, 0.05) is 32.1 Å². The van der Waals surface area contributed by atoms with Gasteiger partial charge in [-0.25, -0.2) is 0 Å². The van der Waals surface area contributed by atoms with Crippen LogP contribution in [0, 0.1) is 0 Å². The number of thioether (sulfide) groups is 2. The van der Waals surface area contributed by atoms with Crippen LogP contribution in [-0.4, -0.2) is 35.9 Å². The quantitative estimate of drug-likeness (QED) is 0.0356. The lowest BCUT2D eigenvalue weighted by atomic mass is 9.72. The van der Waals surface area contributed by atoms with E-state index in [1.165, 1.54) is 236 Å². The molecule has 8 aromatic rings. The zero-order chi connectivity index (χ0) is 66.8. The van der Waals surface area contributed by atoms with Crippen molar-refractivity contribution in [2.75, 3.05) is 26.4 Å². The van der Waals surface area contributed by atoms with Crippen LogP contribution in [-0.2, 0) is 0 Å². The van der Waals surface area contributed by atoms with E-state index in [4.69, 9.17) is 18.9 Å². The summed E-state index contributed by atoms with van der Waals surface area (Å²) in [5.74, 6) is 3.79. The van der Waals surface area contributed by atoms with E-state index in [1.807, 2.05) is 0 Å². The van der Waals surface area contributed by atoms with Gasteiger partial charge in [0.1, 0.15) is 23.0 Å². The molecule has 0 bridgehead atoms. The van der Waals surface area contributed by atoms with Crippen molar-refractivity contribution in [2.24, 2.45) is 0 Å². The Morgan fingerprint density at radius 2 is 0.598 bits per heavy atom. The minimum Gasteiger partial charge on any atom is -0.493 e. The van der Waals surface area contributed by atoms with Crippen molar-refractivity contribution >= 4 is 76.4 Å². The Morgan fingerprint density at radius 3 is 0.928 bits per heavy atom. The summed E-state index contributed by atoms with van der Waals surface area (Å²) in [5, 5.41) is 9.72. The summed E-state index contributed by atoms with van der Waals surface area (Å²) >= 11 is 4.21. The van der Waals surface area contributed by atoms with Gasteiger partial charge < -0.3 is 18.9 Å². The first-order valence-corrected chi connectivity index (χ1v) is 40.4. The van der Waals surface area contributed by atoms with Crippen molar-refractivity contribution in [3.8, 4) is 45.3 Å². The molecule has 2 aliphatic heterocycles. The Balaban J connectivity index is 0.847. The van der Waals surface area contributed by atoms with E-state index in [2.05, 4.69) is 211 Å². The molecule has 2 heterocycles. The van der Waals surface area contributed by atoms with Crippen LogP contribution in [0.2, 0.25) is 0 Å². The highest BCUT2D eigenvalue weighted by Crippen LogP contribution is 2.70. The Hall–Kier alpha value is -6.34. The first-order valence-electron chi connectivity index (χ1n) is 38.8. The zero-order valence-corrected chi connectivity index (χ0v) is 61.7. The summed E-state index contributed by atoms with van der Waals surface area (Å²) in [7, 11) is 0. The van der Waals surface area contributed by atoms with Crippen molar-refractivity contribution in [1.82, 2.24) is 0 Å². The number of fused-ring (bicyclic) bond motifs is 8. The molecule has 0 aromatic heterocycles. The molecule has 4 aliphatic rings. The highest BCUT2D eigenvalue weighted by Gasteiger charge is 2.59. The number of allylic oxidation sites excluding steroid dienone is 4. The first-order chi connectivity index (χ1) is 47.8. The van der Waals surface area contributed by atoms with Crippen LogP contribution in [0.4, 0.5) is 0 Å². The summed E-state index contributed by atoms with van der Waals surface area (Å²) in [6.07, 6.45) is 43.7. The molecule has 0 unspecified atom stereocenters. The lowest BCUT2D eigenvalue weighted by Gasteiger charge is -2.47. The van der Waals surface area contributed by atoms with Crippen LogP contribution in [0.3, 0.4) is 0 Å². The third-order valence-electron chi connectivity index (χ3n) is 21.8. The van der Waals surface area contributed by atoms with E-state index >= 15 is 0 Å². The van der Waals surface area contributed by atoms with Gasteiger partial charge in [0.25, 0.3) is 0 Å². The molecule has 8 aromatic carbocycles. The average molecular weight is 1330 g/mol. The van der Waals surface area contributed by atoms with Crippen molar-refractivity contribution in [3.05, 3.63) is 179 Å². The normalized spacial score (nSPS) is 17.4. The molecular weight excluding hydrogens is 1220 g/mol. The second kappa shape index (κ2) is 34.6. The van der Waals surface area contributed by atoms with Crippen LogP contribution in [0.25, 0.3) is 75.2 Å². The highest BCUT2D eigenvalue weighted by atomic mass is 32.2. The molecule has 512 valence electrons. The fourth-order valence-corrected chi connectivity index (χ4v) is 19.3. The fraction of sp³-hybridized carbons (Fsp3) is 0.473. The molecule has 0 N–H and O–H groups in total. The number of rotatable bonds is 40. The third kappa shape index (κ3) is 16.1. The predicted octanol–water partition coefficient (Wildman–Crippen LogP) is 28.3. The molecule has 4 nitrogen and oxygen atoms in total. The van der Waals surface area contributed by atoms with Gasteiger partial charge in [-0.2, -0.15) is 0 Å². The topological polar surface area (TPSA) is 36.9 Å². The van der Waals surface area contributed by atoms with Crippen LogP contribution in [0.1, 0.15) is 252 Å². The van der Waals surface area contributed by atoms with Crippen LogP contribution in [0.5, 0.6) is 23.0 Å². The lowest BCUT2D eigenvalue weighted by Crippen LogP contribution is -2.47. The maximum absolute atomic E-state index is 6.99. The number of benzene rings is 8. The van der Waals surface area contributed by atoms with Gasteiger partial charge in [-0.15, -0.1) is 23.5 Å². The van der Waals surface area contributed by atoms with E-state index in [0.717, 1.165) is 83.8 Å². The SMILES string of the molecule is CCCCCCCCCOc1ccc2ccccc2c1-c1c(OCCCCCCCCC)ccc2cc(C3=CC4=C5CCCC5=C5C=C(c6ccc7c(-c8c(OCCCCCCCCC)ccc9ccccc89)c(OCCCCCCCCC)ccc7c6)S[C@]5(C)[C@@]4(C)S3)ccc12. The Labute approximate surface area is 592 Å². The third-order valence-corrected chi connectivity index (χ3v) is 25.2. The maximum atomic E-state index is 6.99. The second-order valence-electron chi connectivity index (χ2n) is 28.9. The molecule has 0 saturated heterocycles. The fourth-order valence-electron chi connectivity index (χ4n) is 16.1. The van der Waals surface area contributed by atoms with Crippen LogP contribution >= 0.6 is 23.5 Å². The molecule has 97 heavy (non-hydrogen) atoms. The Morgan fingerprint density at radius 1 is 0.309 bits per heavy atom. The smallest absolute Gasteiger partial charge is 0.127 e. The largest absolute Gasteiger partial charge is 0.493 e. The van der Waals surface area contributed by atoms with Crippen LogP contribution in [0.15, 0.2) is 168 Å². The molecule has 1 fully saturated rings. The lowest BCUT2D eigenvalue weighted by molar-refractivity contribution is 0.301. The monoisotopic (exact) mass is 1330 g/mol. The molecule has 2 aliphatic carbocycles. The van der Waals surface area contributed by atoms with Gasteiger partial charge in [-0.1, -0.05) is 279 Å². The number of hydrogen-bond acceptors (Lipinski definition) is 6. The second-order valence-corrected chi connectivity index (χ2v) is 31.8. The molecule has 0 spiro atoms. The number of hydrogen-bond donors (Lipinski definition) is 0. The molecular formula is C91H112O4S2. The van der Waals surface area contributed by atoms with E-state index in [-0.39, 0.29) is 9.49 Å². The molecule has 6 heteroatoms. The number of unbranched alkanes of at least 4 members (excludes halogenated alkanes) is 24. The number of ether oxygens (including phenoxy) is 4. The molecule has 1 saturated carbocycles. The molecule has 0 amide bonds. The molecule has 12 rings (SSSR count). The predicted molar refractivity (Wildman–Crippen MR) is 424 cm³/mol. The highest BCUT2D eigenvalue weighted by molar-refractivity contribution is 8.14. The molecule has 2 atom stereocenters. The minimum absolute atomic E-state index is 0.187. The summed E-state index contributed by atoms with van der Waals surface area (Å²) in [5.41, 5.74) is 13.4. The summed E-state index contributed by atoms with van der Waals surface area (Å²) in [4.78, 5) is 2.73. The van der Waals surface area contributed by atoms with E-state index in [9.17, 15) is 0 Å². The minimum atomic E-state index is -0.187. The summed E-state index contributed by atoms with van der Waals surface area (Å²) in [6.45, 7) is 17.1. The summed E-state index contributed by atoms with van der Waals surface area (Å²) in [6, 6.07) is 50.5. The molecule has 0 radical (unpaired) electrons. The standard InChI is InChI=1S/C91H112O4S2/c1-7-11-15-19-23-27-35-58-92-80-54-48-66-40-31-33-42-72(66)86(80)88-74-52-46-70(62-68(74)50-56-82(88)94-60-37-29-25-21-17-13-9-3)84-64-78-76-44-39-45-77(76)79-65-85(97-91(79,6)90(78,5)96-84)71-47-53-75-69(63-71)51-57-83(95-61-38-30-26-22-18-14-10-4)89(75)87-73-43-34-32-41-67(73)49-55-81(87)93-59-36-28-24-20-16-12-8-2/h31-34,40-43,46-57,62-65H,7-30,35-39,44-45,58-61H2,1-6H3/t90-,91-/m0/s1. The van der Waals surface area contributed by atoms with Gasteiger partial charge in [0.15, 0.2) is 0 Å². The van der Waals surface area contributed by atoms with Gasteiger partial charge in [0.05, 0.1) is 35.9 Å². The van der Waals surface area contributed by atoms with Crippen molar-refractivity contribution < 1.29 is 18.9 Å². The van der Waals surface area contributed by atoms with E-state index in [1.54, 1.807) is 11.1 Å². The zero-order valence-electron chi connectivity index (χ0n) is 60.1. The van der Waals surface area contributed by atoms with Crippen molar-refractivity contribution in [2.45, 2.75) is 250 Å². The van der Waals surface area contributed by atoms with E-state index in [0.29, 0.717) is 26.4 Å². The van der Waals surface area contributed by atoms with Crippen LogP contribution < -0.4 is 18.9 Å². The van der Waals surface area contributed by atoms with Gasteiger partial charge in [-0.3, -0.25) is 0 Å².